The maximum absolute atomic E-state index is 10.2. The summed E-state index contributed by atoms with van der Waals surface area (Å²) in [5, 5.41) is 10.7. The molecule has 19 heavy (non-hydrogen) atoms. The lowest BCUT2D eigenvalue weighted by Gasteiger charge is -2.12. The van der Waals surface area contributed by atoms with Gasteiger partial charge in [-0.3, -0.25) is 4.98 Å². The smallest absolute Gasteiger partial charge is 0.231 e. The lowest BCUT2D eigenvalue weighted by Crippen LogP contribution is -2.03. The van der Waals surface area contributed by atoms with Crippen molar-refractivity contribution in [3.8, 4) is 11.5 Å². The van der Waals surface area contributed by atoms with Gasteiger partial charge in [-0.25, -0.2) is 0 Å². The fourth-order valence-corrected chi connectivity index (χ4v) is 2.29. The zero-order valence-corrected chi connectivity index (χ0v) is 10.8. The fourth-order valence-electron chi connectivity index (χ4n) is 2.01. The second-order valence-corrected chi connectivity index (χ2v) is 4.68. The molecule has 2 aromatic rings. The molecule has 0 fully saturated rings. The Kier molecular flexibility index (Phi) is 3.27. The van der Waals surface area contributed by atoms with E-state index in [1.54, 1.807) is 18.3 Å². The molecular weight excluding hydrogens is 266 g/mol. The van der Waals surface area contributed by atoms with Gasteiger partial charge >= 0.3 is 0 Å². The van der Waals surface area contributed by atoms with Gasteiger partial charge in [0.2, 0.25) is 6.79 Å². The SMILES string of the molecule is OC(Cc1ccccn1)c1cc(Cl)c2c(c1)OCO2. The van der Waals surface area contributed by atoms with Crippen LogP contribution in [0.2, 0.25) is 5.02 Å². The minimum absolute atomic E-state index is 0.162. The molecule has 0 radical (unpaired) electrons. The van der Waals surface area contributed by atoms with Gasteiger partial charge in [0, 0.05) is 18.3 Å². The number of fused-ring (bicyclic) bond motifs is 1. The highest BCUT2D eigenvalue weighted by atomic mass is 35.5. The van der Waals surface area contributed by atoms with Crippen LogP contribution < -0.4 is 9.47 Å². The number of nitrogens with zero attached hydrogens (tertiary/aromatic N) is 1. The van der Waals surface area contributed by atoms with E-state index in [1.807, 2.05) is 18.2 Å². The summed E-state index contributed by atoms with van der Waals surface area (Å²) in [5.74, 6) is 1.11. The molecule has 98 valence electrons. The number of benzene rings is 1. The van der Waals surface area contributed by atoms with Crippen LogP contribution in [0.4, 0.5) is 0 Å². The molecule has 4 nitrogen and oxygen atoms in total. The van der Waals surface area contributed by atoms with Crippen LogP contribution in [-0.2, 0) is 6.42 Å². The maximum atomic E-state index is 10.2. The number of aromatic nitrogens is 1. The van der Waals surface area contributed by atoms with Gasteiger partial charge in [0.25, 0.3) is 0 Å². The number of pyridine rings is 1. The Bertz CT molecular complexity index is 589. The molecule has 1 aromatic carbocycles. The highest BCUT2D eigenvalue weighted by Gasteiger charge is 2.21. The van der Waals surface area contributed by atoms with Crippen LogP contribution in [0, 0.1) is 0 Å². The normalized spacial score (nSPS) is 14.4. The molecule has 2 heterocycles. The lowest BCUT2D eigenvalue weighted by atomic mass is 10.0. The van der Waals surface area contributed by atoms with Crippen LogP contribution in [0.15, 0.2) is 36.5 Å². The van der Waals surface area contributed by atoms with E-state index in [9.17, 15) is 5.11 Å². The van der Waals surface area contributed by atoms with Crippen LogP contribution >= 0.6 is 11.6 Å². The summed E-state index contributed by atoms with van der Waals surface area (Å²) in [6.45, 7) is 0.162. The van der Waals surface area contributed by atoms with Gasteiger partial charge in [-0.15, -0.1) is 0 Å². The first-order chi connectivity index (χ1) is 9.24. The van der Waals surface area contributed by atoms with Crippen molar-refractivity contribution < 1.29 is 14.6 Å². The van der Waals surface area contributed by atoms with Gasteiger partial charge in [0.1, 0.15) is 0 Å². The van der Waals surface area contributed by atoms with E-state index in [4.69, 9.17) is 21.1 Å². The van der Waals surface area contributed by atoms with Crippen molar-refractivity contribution in [2.45, 2.75) is 12.5 Å². The Labute approximate surface area is 115 Å². The molecular formula is C14H12ClNO3. The third-order valence-electron chi connectivity index (χ3n) is 2.96. The zero-order valence-electron chi connectivity index (χ0n) is 10.0. The summed E-state index contributed by atoms with van der Waals surface area (Å²) in [5.41, 5.74) is 1.52. The second kappa shape index (κ2) is 5.07. The van der Waals surface area contributed by atoms with Crippen molar-refractivity contribution in [2.75, 3.05) is 6.79 Å². The molecule has 0 spiro atoms. The predicted molar refractivity (Wildman–Crippen MR) is 70.5 cm³/mol. The number of aliphatic hydroxyl groups is 1. The Morgan fingerprint density at radius 3 is 3.00 bits per heavy atom. The molecule has 1 N–H and O–H groups in total. The van der Waals surface area contributed by atoms with Gasteiger partial charge < -0.3 is 14.6 Å². The molecule has 1 aliphatic rings. The van der Waals surface area contributed by atoms with Crippen molar-refractivity contribution in [3.05, 3.63) is 52.8 Å². The van der Waals surface area contributed by atoms with Crippen molar-refractivity contribution >= 4 is 11.6 Å². The van der Waals surface area contributed by atoms with Gasteiger partial charge in [-0.05, 0) is 29.8 Å². The molecule has 0 aliphatic carbocycles. The average molecular weight is 278 g/mol. The Morgan fingerprint density at radius 2 is 2.21 bits per heavy atom. The minimum Gasteiger partial charge on any atom is -0.454 e. The fraction of sp³-hybridized carbons (Fsp3) is 0.214. The largest absolute Gasteiger partial charge is 0.454 e. The molecule has 1 unspecified atom stereocenters. The Morgan fingerprint density at radius 1 is 1.32 bits per heavy atom. The molecule has 1 aliphatic heterocycles. The highest BCUT2D eigenvalue weighted by molar-refractivity contribution is 6.32. The third-order valence-corrected chi connectivity index (χ3v) is 3.24. The van der Waals surface area contributed by atoms with Crippen molar-refractivity contribution in [2.24, 2.45) is 0 Å². The van der Waals surface area contributed by atoms with Crippen LogP contribution in [0.1, 0.15) is 17.4 Å². The van der Waals surface area contributed by atoms with Gasteiger partial charge in [0.05, 0.1) is 11.1 Å². The number of halogens is 1. The summed E-state index contributed by atoms with van der Waals surface area (Å²) in [4.78, 5) is 4.19. The average Bonchev–Trinajstić information content (AvgIpc) is 2.88. The minimum atomic E-state index is -0.679. The second-order valence-electron chi connectivity index (χ2n) is 4.28. The molecule has 0 bridgehead atoms. The summed E-state index contributed by atoms with van der Waals surface area (Å²) in [7, 11) is 0. The van der Waals surface area contributed by atoms with Gasteiger partial charge in [-0.2, -0.15) is 0 Å². The number of hydrogen-bond acceptors (Lipinski definition) is 4. The molecule has 5 heteroatoms. The van der Waals surface area contributed by atoms with Crippen LogP contribution in [0.25, 0.3) is 0 Å². The first kappa shape index (κ1) is 12.3. The summed E-state index contributed by atoms with van der Waals surface area (Å²) < 4.78 is 10.5. The van der Waals surface area contributed by atoms with Crippen LogP contribution in [-0.4, -0.2) is 16.9 Å². The van der Waals surface area contributed by atoms with Gasteiger partial charge in [-0.1, -0.05) is 17.7 Å². The predicted octanol–water partition coefficient (Wildman–Crippen LogP) is 2.74. The molecule has 1 aromatic heterocycles. The number of aliphatic hydroxyl groups excluding tert-OH is 1. The first-order valence-electron chi connectivity index (χ1n) is 5.91. The summed E-state index contributed by atoms with van der Waals surface area (Å²) in [6, 6.07) is 9.05. The standard InChI is InChI=1S/C14H12ClNO3/c15-11-5-9(6-13-14(11)19-8-18-13)12(17)7-10-3-1-2-4-16-10/h1-6,12,17H,7-8H2. The maximum Gasteiger partial charge on any atom is 0.231 e. The van der Waals surface area contributed by atoms with E-state index in [0.717, 1.165) is 5.69 Å². The van der Waals surface area contributed by atoms with Gasteiger partial charge in [0.15, 0.2) is 11.5 Å². The van der Waals surface area contributed by atoms with E-state index in [0.29, 0.717) is 28.5 Å². The number of rotatable bonds is 3. The Balaban J connectivity index is 1.84. The lowest BCUT2D eigenvalue weighted by molar-refractivity contribution is 0.171. The van der Waals surface area contributed by atoms with E-state index in [1.165, 1.54) is 0 Å². The van der Waals surface area contributed by atoms with E-state index < -0.39 is 6.10 Å². The molecule has 0 saturated carbocycles. The van der Waals surface area contributed by atoms with Crippen molar-refractivity contribution in [3.63, 3.8) is 0 Å². The third kappa shape index (κ3) is 2.50. The Hall–Kier alpha value is -1.78. The number of hydrogen-bond donors (Lipinski definition) is 1. The molecule has 0 amide bonds. The van der Waals surface area contributed by atoms with Crippen molar-refractivity contribution in [1.82, 2.24) is 4.98 Å². The molecule has 1 atom stereocenters. The number of ether oxygens (including phenoxy) is 2. The molecule has 3 rings (SSSR count). The quantitative estimate of drug-likeness (QED) is 0.937. The first-order valence-corrected chi connectivity index (χ1v) is 6.29. The van der Waals surface area contributed by atoms with E-state index >= 15 is 0 Å². The molecule has 0 saturated heterocycles. The van der Waals surface area contributed by atoms with Crippen LogP contribution in [0.5, 0.6) is 11.5 Å². The van der Waals surface area contributed by atoms with Crippen LogP contribution in [0.3, 0.4) is 0 Å². The van der Waals surface area contributed by atoms with E-state index in [-0.39, 0.29) is 6.79 Å². The van der Waals surface area contributed by atoms with E-state index in [2.05, 4.69) is 4.98 Å². The zero-order chi connectivity index (χ0) is 13.2. The van der Waals surface area contributed by atoms with Crippen molar-refractivity contribution in [1.29, 1.82) is 0 Å². The summed E-state index contributed by atoms with van der Waals surface area (Å²) >= 11 is 6.09. The summed E-state index contributed by atoms with van der Waals surface area (Å²) in [6.07, 6.45) is 1.45. The highest BCUT2D eigenvalue weighted by Crippen LogP contribution is 2.41. The monoisotopic (exact) mass is 277 g/mol. The topological polar surface area (TPSA) is 51.6 Å².